The zero-order valence-electron chi connectivity index (χ0n) is 8.28. The molecule has 0 heterocycles. The van der Waals surface area contributed by atoms with Gasteiger partial charge in [0.15, 0.2) is 0 Å². The first-order chi connectivity index (χ1) is 8.00. The number of halogens is 5. The minimum absolute atomic E-state index is 0.401. The van der Waals surface area contributed by atoms with E-state index in [1.54, 1.807) is 24.3 Å². The van der Waals surface area contributed by atoms with Gasteiger partial charge in [-0.2, -0.15) is 0 Å². The fraction of sp³-hybridized carbons (Fsp3) is 0. The Kier molecular flexibility index (Phi) is 4.12. The average molecular weight is 326 g/mol. The Hall–Kier alpha value is -0.110. The van der Waals surface area contributed by atoms with Gasteiger partial charge in [-0.1, -0.05) is 70.1 Å². The highest BCUT2D eigenvalue weighted by Gasteiger charge is 2.12. The van der Waals surface area contributed by atoms with Crippen molar-refractivity contribution in [3.05, 3.63) is 55.4 Å². The first-order valence-electron chi connectivity index (χ1n) is 4.59. The molecule has 0 radical (unpaired) electrons. The number of rotatable bonds is 1. The largest absolute Gasteiger partial charge is 0.0836 e. The Morgan fingerprint density at radius 2 is 1.24 bits per heavy atom. The first-order valence-corrected chi connectivity index (χ1v) is 6.48. The normalized spacial score (nSPS) is 10.6. The fourth-order valence-corrected chi connectivity index (χ4v) is 2.49. The number of hydrogen-bond donors (Lipinski definition) is 0. The van der Waals surface area contributed by atoms with Crippen LogP contribution in [0.2, 0.25) is 25.1 Å². The molecule has 2 aromatic rings. The first kappa shape index (κ1) is 13.3. The highest BCUT2D eigenvalue weighted by Crippen LogP contribution is 2.40. The van der Waals surface area contributed by atoms with Crippen molar-refractivity contribution in [2.45, 2.75) is 0 Å². The average Bonchev–Trinajstić information content (AvgIpc) is 2.28. The van der Waals surface area contributed by atoms with Crippen molar-refractivity contribution in [3.8, 4) is 11.1 Å². The topological polar surface area (TPSA) is 0 Å². The number of benzene rings is 2. The van der Waals surface area contributed by atoms with Crippen LogP contribution < -0.4 is 0 Å². The zero-order valence-corrected chi connectivity index (χ0v) is 12.1. The third-order valence-corrected chi connectivity index (χ3v) is 4.11. The van der Waals surface area contributed by atoms with Crippen LogP contribution in [0.3, 0.4) is 0 Å². The van der Waals surface area contributed by atoms with Gasteiger partial charge in [-0.05, 0) is 18.2 Å². The Labute approximate surface area is 124 Å². The molecule has 0 atom stereocenters. The summed E-state index contributed by atoms with van der Waals surface area (Å²) >= 11 is 30.0. The molecule has 88 valence electrons. The maximum atomic E-state index is 6.13. The van der Waals surface area contributed by atoms with Gasteiger partial charge < -0.3 is 0 Å². The molecule has 0 aliphatic rings. The zero-order chi connectivity index (χ0) is 12.6. The van der Waals surface area contributed by atoms with Crippen LogP contribution in [0.1, 0.15) is 0 Å². The molecule has 0 saturated carbocycles. The monoisotopic (exact) mass is 324 g/mol. The minimum atomic E-state index is 0.401. The van der Waals surface area contributed by atoms with Crippen molar-refractivity contribution in [3.63, 3.8) is 0 Å². The van der Waals surface area contributed by atoms with Crippen LogP contribution in [0, 0.1) is 0 Å². The van der Waals surface area contributed by atoms with Gasteiger partial charge in [-0.15, -0.1) is 0 Å². The Morgan fingerprint density at radius 1 is 0.588 bits per heavy atom. The van der Waals surface area contributed by atoms with E-state index < -0.39 is 0 Å². The van der Waals surface area contributed by atoms with Crippen LogP contribution in [0.4, 0.5) is 0 Å². The van der Waals surface area contributed by atoms with Crippen LogP contribution in [0.15, 0.2) is 30.3 Å². The van der Waals surface area contributed by atoms with Crippen LogP contribution in [0.25, 0.3) is 11.1 Å². The van der Waals surface area contributed by atoms with E-state index in [2.05, 4.69) is 0 Å². The lowest BCUT2D eigenvalue weighted by Crippen LogP contribution is -1.83. The second-order valence-corrected chi connectivity index (χ2v) is 5.35. The highest BCUT2D eigenvalue weighted by molar-refractivity contribution is 6.46. The van der Waals surface area contributed by atoms with E-state index in [1.807, 2.05) is 6.07 Å². The summed E-state index contributed by atoms with van der Waals surface area (Å²) in [6.45, 7) is 0. The molecule has 0 amide bonds. The molecule has 5 heteroatoms. The summed E-state index contributed by atoms with van der Waals surface area (Å²) < 4.78 is 0. The standard InChI is InChI=1S/C12H5Cl5/c13-8-3-1-2-6(12(8)17)7-4-10(15)11(16)5-9(7)14/h1-5H. The molecule has 2 rings (SSSR count). The third-order valence-electron chi connectivity index (χ3n) is 2.25. The van der Waals surface area contributed by atoms with E-state index >= 15 is 0 Å². The molecule has 0 aliphatic heterocycles. The summed E-state index contributed by atoms with van der Waals surface area (Å²) in [6, 6.07) is 8.57. The highest BCUT2D eigenvalue weighted by atomic mass is 35.5. The molecule has 2 aromatic carbocycles. The predicted octanol–water partition coefficient (Wildman–Crippen LogP) is 6.62. The van der Waals surface area contributed by atoms with E-state index in [0.29, 0.717) is 30.7 Å². The van der Waals surface area contributed by atoms with E-state index in [1.165, 1.54) is 0 Å². The molecule has 0 unspecified atom stereocenters. The molecule has 0 spiro atoms. The smallest absolute Gasteiger partial charge is 0.0671 e. The van der Waals surface area contributed by atoms with E-state index in [4.69, 9.17) is 58.0 Å². The van der Waals surface area contributed by atoms with Gasteiger partial charge in [0.25, 0.3) is 0 Å². The van der Waals surface area contributed by atoms with Crippen molar-refractivity contribution in [1.29, 1.82) is 0 Å². The summed E-state index contributed by atoms with van der Waals surface area (Å²) in [6.07, 6.45) is 0. The Morgan fingerprint density at radius 3 is 1.94 bits per heavy atom. The lowest BCUT2D eigenvalue weighted by atomic mass is 10.1. The van der Waals surface area contributed by atoms with E-state index in [0.717, 1.165) is 5.56 Å². The molecule has 0 bridgehead atoms. The van der Waals surface area contributed by atoms with Crippen LogP contribution in [0.5, 0.6) is 0 Å². The molecule has 0 aromatic heterocycles. The van der Waals surface area contributed by atoms with Gasteiger partial charge in [-0.25, -0.2) is 0 Å². The molecule has 0 N–H and O–H groups in total. The second-order valence-electron chi connectivity index (χ2n) is 3.35. The molecule has 0 aliphatic carbocycles. The maximum Gasteiger partial charge on any atom is 0.0671 e. The molecule has 0 fully saturated rings. The van der Waals surface area contributed by atoms with Crippen LogP contribution in [-0.4, -0.2) is 0 Å². The third kappa shape index (κ3) is 2.67. The van der Waals surface area contributed by atoms with Crippen molar-refractivity contribution in [2.75, 3.05) is 0 Å². The van der Waals surface area contributed by atoms with Gasteiger partial charge in [0.1, 0.15) is 0 Å². The summed E-state index contributed by atoms with van der Waals surface area (Å²) in [4.78, 5) is 0. The minimum Gasteiger partial charge on any atom is -0.0836 e. The van der Waals surface area contributed by atoms with Gasteiger partial charge in [0.05, 0.1) is 25.1 Å². The molecule has 0 saturated heterocycles. The molecule has 0 nitrogen and oxygen atoms in total. The summed E-state index contributed by atoms with van der Waals surface area (Å²) in [5.74, 6) is 0. The Bertz CT molecular complexity index is 577. The maximum absolute atomic E-state index is 6.13. The van der Waals surface area contributed by atoms with Crippen molar-refractivity contribution < 1.29 is 0 Å². The lowest BCUT2D eigenvalue weighted by molar-refractivity contribution is 1.61. The molecular weight excluding hydrogens is 321 g/mol. The van der Waals surface area contributed by atoms with Gasteiger partial charge in [0, 0.05) is 11.1 Å². The summed E-state index contributed by atoms with van der Waals surface area (Å²) in [7, 11) is 0. The quantitative estimate of drug-likeness (QED) is 0.517. The summed E-state index contributed by atoms with van der Waals surface area (Å²) in [5, 5.41) is 2.20. The summed E-state index contributed by atoms with van der Waals surface area (Å²) in [5.41, 5.74) is 1.43. The number of hydrogen-bond acceptors (Lipinski definition) is 0. The molecular formula is C12H5Cl5. The van der Waals surface area contributed by atoms with Crippen molar-refractivity contribution in [1.82, 2.24) is 0 Å². The fourth-order valence-electron chi connectivity index (χ4n) is 1.44. The van der Waals surface area contributed by atoms with Gasteiger partial charge in [-0.3, -0.25) is 0 Å². The SMILES string of the molecule is Clc1cc(Cl)c(-c2cccc(Cl)c2Cl)cc1Cl. The second kappa shape index (κ2) is 5.26. The predicted molar refractivity (Wildman–Crippen MR) is 76.9 cm³/mol. The van der Waals surface area contributed by atoms with Crippen molar-refractivity contribution in [2.24, 2.45) is 0 Å². The van der Waals surface area contributed by atoms with E-state index in [9.17, 15) is 0 Å². The van der Waals surface area contributed by atoms with Gasteiger partial charge >= 0.3 is 0 Å². The van der Waals surface area contributed by atoms with Crippen molar-refractivity contribution >= 4 is 58.0 Å². The molecule has 17 heavy (non-hydrogen) atoms. The van der Waals surface area contributed by atoms with E-state index in [-0.39, 0.29) is 0 Å². The van der Waals surface area contributed by atoms with Crippen LogP contribution >= 0.6 is 58.0 Å². The lowest BCUT2D eigenvalue weighted by Gasteiger charge is -2.09. The Balaban J connectivity index is 2.69. The van der Waals surface area contributed by atoms with Gasteiger partial charge in [0.2, 0.25) is 0 Å². The van der Waals surface area contributed by atoms with Crippen LogP contribution in [-0.2, 0) is 0 Å².